The molecule has 0 atom stereocenters. The molecule has 21 heavy (non-hydrogen) atoms. The van der Waals surface area contributed by atoms with Crippen molar-refractivity contribution in [1.82, 2.24) is 20.3 Å². The Kier molecular flexibility index (Phi) is 5.65. The first kappa shape index (κ1) is 15.9. The van der Waals surface area contributed by atoms with Crippen molar-refractivity contribution in [3.8, 4) is 11.5 Å². The van der Waals surface area contributed by atoms with Crippen molar-refractivity contribution in [2.75, 3.05) is 13.6 Å². The monoisotopic (exact) mass is 304 g/mol. The summed E-state index contributed by atoms with van der Waals surface area (Å²) < 4.78 is 0. The van der Waals surface area contributed by atoms with E-state index in [2.05, 4.69) is 24.1 Å². The summed E-state index contributed by atoms with van der Waals surface area (Å²) in [5.74, 6) is 0.627. The van der Waals surface area contributed by atoms with E-state index in [9.17, 15) is 0 Å². The number of aryl methyl sites for hydroxylation is 2. The number of nitrogens with zero attached hydrogens (tertiary/aromatic N) is 3. The van der Waals surface area contributed by atoms with Gasteiger partial charge in [-0.25, -0.2) is 9.97 Å². The Morgan fingerprint density at radius 1 is 1.14 bits per heavy atom. The van der Waals surface area contributed by atoms with Gasteiger partial charge in [0.2, 0.25) is 0 Å². The van der Waals surface area contributed by atoms with E-state index in [1.807, 2.05) is 19.2 Å². The second kappa shape index (κ2) is 7.48. The van der Waals surface area contributed by atoms with Gasteiger partial charge in [-0.05, 0) is 50.6 Å². The first-order chi connectivity index (χ1) is 10.2. The average Bonchev–Trinajstić information content (AvgIpc) is 2.52. The second-order valence-corrected chi connectivity index (χ2v) is 5.22. The van der Waals surface area contributed by atoms with E-state index in [0.717, 1.165) is 37.2 Å². The van der Waals surface area contributed by atoms with E-state index in [0.29, 0.717) is 16.5 Å². The minimum absolute atomic E-state index is 0.588. The fourth-order valence-electron chi connectivity index (χ4n) is 2.36. The fraction of sp³-hybridized carbons (Fsp3) is 0.438. The molecule has 2 aromatic rings. The summed E-state index contributed by atoms with van der Waals surface area (Å²) in [4.78, 5) is 13.7. The quantitative estimate of drug-likeness (QED) is 0.891. The number of halogens is 1. The number of rotatable bonds is 6. The largest absolute Gasteiger partial charge is 0.319 e. The van der Waals surface area contributed by atoms with E-state index >= 15 is 0 Å². The minimum Gasteiger partial charge on any atom is -0.319 e. The topological polar surface area (TPSA) is 50.7 Å². The number of aromatic nitrogens is 3. The highest BCUT2D eigenvalue weighted by Gasteiger charge is 2.15. The Labute approximate surface area is 131 Å². The molecule has 5 heteroatoms. The van der Waals surface area contributed by atoms with Crippen molar-refractivity contribution in [2.24, 2.45) is 0 Å². The summed E-state index contributed by atoms with van der Waals surface area (Å²) in [5, 5.41) is 3.77. The Morgan fingerprint density at radius 3 is 2.33 bits per heavy atom. The maximum Gasteiger partial charge on any atom is 0.180 e. The van der Waals surface area contributed by atoms with Gasteiger partial charge in [0, 0.05) is 17.6 Å². The zero-order valence-corrected chi connectivity index (χ0v) is 13.5. The zero-order chi connectivity index (χ0) is 15.2. The van der Waals surface area contributed by atoms with E-state index in [1.165, 1.54) is 5.56 Å². The van der Waals surface area contributed by atoms with Crippen LogP contribution in [0.1, 0.15) is 30.8 Å². The van der Waals surface area contributed by atoms with Crippen LogP contribution >= 0.6 is 11.6 Å². The molecule has 0 aliphatic carbocycles. The van der Waals surface area contributed by atoms with Gasteiger partial charge >= 0.3 is 0 Å². The van der Waals surface area contributed by atoms with Crippen LogP contribution in [0.3, 0.4) is 0 Å². The molecule has 0 bridgehead atoms. The van der Waals surface area contributed by atoms with Crippen LogP contribution in [0.4, 0.5) is 0 Å². The van der Waals surface area contributed by atoms with E-state index in [1.54, 1.807) is 6.20 Å². The van der Waals surface area contributed by atoms with Crippen LogP contribution in [0.2, 0.25) is 5.02 Å². The lowest BCUT2D eigenvalue weighted by Gasteiger charge is -2.14. The maximum absolute atomic E-state index is 6.22. The Bertz CT molecular complexity index is 588. The van der Waals surface area contributed by atoms with Crippen LogP contribution in [0.25, 0.3) is 11.5 Å². The molecule has 2 rings (SSSR count). The number of hydrogen-bond donors (Lipinski definition) is 1. The first-order valence-electron chi connectivity index (χ1n) is 7.35. The lowest BCUT2D eigenvalue weighted by atomic mass is 10.0. The van der Waals surface area contributed by atoms with Crippen LogP contribution in [0.15, 0.2) is 18.3 Å². The molecule has 0 saturated carbocycles. The molecule has 2 aromatic heterocycles. The van der Waals surface area contributed by atoms with Gasteiger partial charge in [-0.15, -0.1) is 0 Å². The number of likely N-dealkylation sites (N-methyl/N-ethyl adjacent to an activating group) is 1. The SMILES string of the molecule is CCc1nc(-c2ncccc2Cl)nc(CC)c1CCNC. The summed E-state index contributed by atoms with van der Waals surface area (Å²) in [6.45, 7) is 5.16. The minimum atomic E-state index is 0.588. The van der Waals surface area contributed by atoms with Crippen LogP contribution in [0, 0.1) is 0 Å². The van der Waals surface area contributed by atoms with Crippen molar-refractivity contribution in [3.63, 3.8) is 0 Å². The third-order valence-corrected chi connectivity index (χ3v) is 3.75. The molecule has 0 radical (unpaired) electrons. The maximum atomic E-state index is 6.22. The van der Waals surface area contributed by atoms with Gasteiger partial charge in [-0.3, -0.25) is 4.98 Å². The molecule has 0 amide bonds. The molecule has 0 spiro atoms. The van der Waals surface area contributed by atoms with Crippen molar-refractivity contribution in [2.45, 2.75) is 33.1 Å². The average molecular weight is 305 g/mol. The van der Waals surface area contributed by atoms with Crippen molar-refractivity contribution in [3.05, 3.63) is 40.3 Å². The van der Waals surface area contributed by atoms with Crippen LogP contribution in [-0.4, -0.2) is 28.5 Å². The standard InChI is InChI=1S/C16H21ClN4/c1-4-13-11(8-10-18-3)14(5-2)21-16(20-13)15-12(17)7-6-9-19-15/h6-7,9,18H,4-5,8,10H2,1-3H3. The molecule has 0 aromatic carbocycles. The first-order valence-corrected chi connectivity index (χ1v) is 7.73. The highest BCUT2D eigenvalue weighted by molar-refractivity contribution is 6.32. The van der Waals surface area contributed by atoms with Gasteiger partial charge in [0.1, 0.15) is 5.69 Å². The molecular formula is C16H21ClN4. The van der Waals surface area contributed by atoms with E-state index in [4.69, 9.17) is 21.6 Å². The van der Waals surface area contributed by atoms with Crippen molar-refractivity contribution in [1.29, 1.82) is 0 Å². The van der Waals surface area contributed by atoms with Gasteiger partial charge < -0.3 is 5.32 Å². The third kappa shape index (κ3) is 3.57. The Morgan fingerprint density at radius 2 is 1.81 bits per heavy atom. The van der Waals surface area contributed by atoms with E-state index < -0.39 is 0 Å². The van der Waals surface area contributed by atoms with Gasteiger partial charge in [0.05, 0.1) is 5.02 Å². The van der Waals surface area contributed by atoms with Gasteiger partial charge in [-0.1, -0.05) is 25.4 Å². The predicted octanol–water partition coefficient (Wildman–Crippen LogP) is 3.08. The second-order valence-electron chi connectivity index (χ2n) is 4.81. The highest BCUT2D eigenvalue weighted by Crippen LogP contribution is 2.24. The molecule has 1 N–H and O–H groups in total. The molecule has 2 heterocycles. The highest BCUT2D eigenvalue weighted by atomic mass is 35.5. The Hall–Kier alpha value is -1.52. The summed E-state index contributed by atoms with van der Waals surface area (Å²) >= 11 is 6.22. The van der Waals surface area contributed by atoms with E-state index in [-0.39, 0.29) is 0 Å². The molecule has 4 nitrogen and oxygen atoms in total. The lowest BCUT2D eigenvalue weighted by molar-refractivity contribution is 0.760. The molecule has 112 valence electrons. The summed E-state index contributed by atoms with van der Waals surface area (Å²) in [6.07, 6.45) is 4.42. The number of nitrogens with one attached hydrogen (secondary N) is 1. The molecule has 0 fully saturated rings. The summed E-state index contributed by atoms with van der Waals surface area (Å²) in [6, 6.07) is 3.63. The predicted molar refractivity (Wildman–Crippen MR) is 86.7 cm³/mol. The zero-order valence-electron chi connectivity index (χ0n) is 12.8. The van der Waals surface area contributed by atoms with Crippen molar-refractivity contribution < 1.29 is 0 Å². The van der Waals surface area contributed by atoms with Gasteiger partial charge in [0.15, 0.2) is 5.82 Å². The molecule has 0 saturated heterocycles. The number of pyridine rings is 1. The van der Waals surface area contributed by atoms with Crippen LogP contribution in [0.5, 0.6) is 0 Å². The van der Waals surface area contributed by atoms with Gasteiger partial charge in [-0.2, -0.15) is 0 Å². The number of hydrogen-bond acceptors (Lipinski definition) is 4. The third-order valence-electron chi connectivity index (χ3n) is 3.44. The summed E-state index contributed by atoms with van der Waals surface area (Å²) in [5.41, 5.74) is 4.09. The van der Waals surface area contributed by atoms with Crippen LogP contribution in [-0.2, 0) is 19.3 Å². The fourth-order valence-corrected chi connectivity index (χ4v) is 2.57. The molecule has 0 aliphatic heterocycles. The van der Waals surface area contributed by atoms with Crippen LogP contribution < -0.4 is 5.32 Å². The summed E-state index contributed by atoms with van der Waals surface area (Å²) in [7, 11) is 1.96. The molecule has 0 aliphatic rings. The van der Waals surface area contributed by atoms with Gasteiger partial charge in [0.25, 0.3) is 0 Å². The lowest BCUT2D eigenvalue weighted by Crippen LogP contribution is -2.15. The smallest absolute Gasteiger partial charge is 0.180 e. The molecular weight excluding hydrogens is 284 g/mol. The Balaban J connectivity index is 2.52. The van der Waals surface area contributed by atoms with Crippen molar-refractivity contribution >= 4 is 11.6 Å². The molecule has 0 unspecified atom stereocenters. The normalized spacial score (nSPS) is 10.9.